The van der Waals surface area contributed by atoms with Crippen molar-refractivity contribution in [3.05, 3.63) is 34.9 Å². The van der Waals surface area contributed by atoms with Crippen LogP contribution in [0, 0.1) is 0 Å². The maximum Gasteiger partial charge on any atom is 0.159 e. The predicted octanol–water partition coefficient (Wildman–Crippen LogP) is 4.83. The van der Waals surface area contributed by atoms with Crippen LogP contribution in [0.2, 0.25) is 0 Å². The van der Waals surface area contributed by atoms with Crippen molar-refractivity contribution >= 4 is 38.5 Å². The molecule has 2 aliphatic heterocycles. The Morgan fingerprint density at radius 2 is 1.76 bits per heavy atom. The number of anilines is 2. The maximum absolute atomic E-state index is 5.19. The zero-order chi connectivity index (χ0) is 25.6. The molecule has 0 radical (unpaired) electrons. The number of nitrogens with zero attached hydrogens (tertiary/aromatic N) is 5. The molecule has 3 aromatic rings. The summed E-state index contributed by atoms with van der Waals surface area (Å²) in [4.78, 5) is 20.6. The van der Waals surface area contributed by atoms with Gasteiger partial charge in [-0.1, -0.05) is 6.92 Å². The van der Waals surface area contributed by atoms with Gasteiger partial charge in [0, 0.05) is 83.0 Å². The second-order valence-corrected chi connectivity index (χ2v) is 11.1. The van der Waals surface area contributed by atoms with Crippen LogP contribution in [0.5, 0.6) is 0 Å². The van der Waals surface area contributed by atoms with Gasteiger partial charge in [-0.05, 0) is 72.4 Å². The zero-order valence-electron chi connectivity index (χ0n) is 22.2. The van der Waals surface area contributed by atoms with E-state index in [1.54, 1.807) is 7.11 Å². The van der Waals surface area contributed by atoms with E-state index in [9.17, 15) is 0 Å². The molecule has 9 heteroatoms. The molecular formula is C28H40BrN7O. The molecule has 2 aromatic heterocycles. The third kappa shape index (κ3) is 6.45. The minimum absolute atomic E-state index is 0.454. The fraction of sp³-hybridized carbons (Fsp3) is 0.571. The molecule has 200 valence electrons. The first kappa shape index (κ1) is 26.4. The lowest BCUT2D eigenvalue weighted by atomic mass is 10.0. The second kappa shape index (κ2) is 12.6. The number of piperazine rings is 1. The summed E-state index contributed by atoms with van der Waals surface area (Å²) < 4.78 is 6.16. The standard InChI is InChI=1S/C28H40BrN7O/c1-3-11-34-13-9-22(10-14-34)31-25-24(29)20-30-28-26(25)32-27(33-28)21-5-7-23(8-6-21)36-17-15-35(16-18-36)12-4-19-37-2/h5-8,20,22H,3-4,9-19H2,1-2H3,(H2,30,31,32,33). The van der Waals surface area contributed by atoms with Crippen molar-refractivity contribution in [1.82, 2.24) is 24.8 Å². The summed E-state index contributed by atoms with van der Waals surface area (Å²) in [5.41, 5.74) is 5.11. The Kier molecular flexibility index (Phi) is 8.97. The molecule has 0 unspecified atom stereocenters. The summed E-state index contributed by atoms with van der Waals surface area (Å²) >= 11 is 3.72. The number of benzene rings is 1. The lowest BCUT2D eigenvalue weighted by Gasteiger charge is -2.36. The molecule has 2 N–H and O–H groups in total. The molecular weight excluding hydrogens is 530 g/mol. The fourth-order valence-corrected chi connectivity index (χ4v) is 5.92. The Bertz CT molecular complexity index is 1140. The summed E-state index contributed by atoms with van der Waals surface area (Å²) in [6.45, 7) is 12.0. The highest BCUT2D eigenvalue weighted by atomic mass is 79.9. The third-order valence-electron chi connectivity index (χ3n) is 7.64. The third-order valence-corrected chi connectivity index (χ3v) is 8.25. The molecule has 0 aliphatic carbocycles. The van der Waals surface area contributed by atoms with Crippen molar-refractivity contribution in [2.45, 2.75) is 38.6 Å². The van der Waals surface area contributed by atoms with Crippen molar-refractivity contribution in [2.75, 3.05) is 76.3 Å². The normalized spacial score (nSPS) is 18.1. The number of aromatic nitrogens is 3. The Morgan fingerprint density at radius 3 is 2.46 bits per heavy atom. The van der Waals surface area contributed by atoms with Crippen molar-refractivity contribution < 1.29 is 4.74 Å². The van der Waals surface area contributed by atoms with Crippen LogP contribution in [-0.4, -0.2) is 96.9 Å². The molecule has 1 aromatic carbocycles. The number of aromatic amines is 1. The van der Waals surface area contributed by atoms with Crippen molar-refractivity contribution in [3.8, 4) is 11.4 Å². The second-order valence-electron chi connectivity index (χ2n) is 10.2. The minimum atomic E-state index is 0.454. The highest BCUT2D eigenvalue weighted by molar-refractivity contribution is 9.10. The summed E-state index contributed by atoms with van der Waals surface area (Å²) in [5, 5.41) is 3.78. The Morgan fingerprint density at radius 1 is 1.03 bits per heavy atom. The summed E-state index contributed by atoms with van der Waals surface area (Å²) in [5.74, 6) is 0.857. The fourth-order valence-electron chi connectivity index (χ4n) is 5.52. The van der Waals surface area contributed by atoms with Gasteiger partial charge in [0.2, 0.25) is 0 Å². The minimum Gasteiger partial charge on any atom is -0.385 e. The highest BCUT2D eigenvalue weighted by Crippen LogP contribution is 2.33. The number of piperidine rings is 1. The molecule has 2 fully saturated rings. The number of halogens is 1. The first-order chi connectivity index (χ1) is 18.1. The van der Waals surface area contributed by atoms with Gasteiger partial charge in [0.15, 0.2) is 5.65 Å². The number of pyridine rings is 1. The Balaban J connectivity index is 1.24. The number of rotatable bonds is 10. The van der Waals surface area contributed by atoms with E-state index in [0.29, 0.717) is 6.04 Å². The smallest absolute Gasteiger partial charge is 0.159 e. The number of H-pyrrole nitrogens is 1. The predicted molar refractivity (Wildman–Crippen MR) is 156 cm³/mol. The lowest BCUT2D eigenvalue weighted by Crippen LogP contribution is -2.46. The number of ether oxygens (including phenoxy) is 1. The quantitative estimate of drug-likeness (QED) is 0.339. The van der Waals surface area contributed by atoms with Gasteiger partial charge in [-0.25, -0.2) is 9.97 Å². The molecule has 0 saturated carbocycles. The lowest BCUT2D eigenvalue weighted by molar-refractivity contribution is 0.169. The summed E-state index contributed by atoms with van der Waals surface area (Å²) in [6, 6.07) is 9.23. The van der Waals surface area contributed by atoms with Gasteiger partial charge in [0.05, 0.1) is 10.2 Å². The van der Waals surface area contributed by atoms with Crippen LogP contribution >= 0.6 is 15.9 Å². The number of nitrogens with one attached hydrogen (secondary N) is 2. The number of likely N-dealkylation sites (tertiary alicyclic amines) is 1. The number of methoxy groups -OCH3 is 1. The van der Waals surface area contributed by atoms with E-state index in [-0.39, 0.29) is 0 Å². The van der Waals surface area contributed by atoms with Gasteiger partial charge in [0.25, 0.3) is 0 Å². The van der Waals surface area contributed by atoms with E-state index in [1.165, 1.54) is 18.7 Å². The molecule has 5 rings (SSSR count). The van der Waals surface area contributed by atoms with Crippen LogP contribution in [0.3, 0.4) is 0 Å². The molecule has 0 amide bonds. The van der Waals surface area contributed by atoms with Gasteiger partial charge in [-0.2, -0.15) is 0 Å². The number of hydrogen-bond donors (Lipinski definition) is 2. The molecule has 8 nitrogen and oxygen atoms in total. The Hall–Kier alpha value is -2.20. The monoisotopic (exact) mass is 569 g/mol. The van der Waals surface area contributed by atoms with Gasteiger partial charge in [-0.15, -0.1) is 0 Å². The van der Waals surface area contributed by atoms with Crippen molar-refractivity contribution in [3.63, 3.8) is 0 Å². The first-order valence-corrected chi connectivity index (χ1v) is 14.5. The maximum atomic E-state index is 5.19. The van der Waals surface area contributed by atoms with E-state index in [2.05, 4.69) is 77.1 Å². The average molecular weight is 571 g/mol. The van der Waals surface area contributed by atoms with Gasteiger partial charge in [-0.3, -0.25) is 4.90 Å². The van der Waals surface area contributed by atoms with Crippen LogP contribution < -0.4 is 10.2 Å². The van der Waals surface area contributed by atoms with E-state index in [0.717, 1.165) is 104 Å². The topological polar surface area (TPSA) is 72.6 Å². The first-order valence-electron chi connectivity index (χ1n) is 13.7. The van der Waals surface area contributed by atoms with Gasteiger partial charge in [0.1, 0.15) is 11.3 Å². The van der Waals surface area contributed by atoms with Crippen molar-refractivity contribution in [2.24, 2.45) is 0 Å². The molecule has 0 atom stereocenters. The number of fused-ring (bicyclic) bond motifs is 1. The van der Waals surface area contributed by atoms with Gasteiger partial charge < -0.3 is 24.8 Å². The van der Waals surface area contributed by atoms with Gasteiger partial charge >= 0.3 is 0 Å². The largest absolute Gasteiger partial charge is 0.385 e. The SMILES string of the molecule is CCCN1CCC(Nc2c(Br)cnc3[nH]c(-c4ccc(N5CCN(CCCOC)CC5)cc4)nc23)CC1. The highest BCUT2D eigenvalue weighted by Gasteiger charge is 2.22. The van der Waals surface area contributed by atoms with Crippen LogP contribution in [0.15, 0.2) is 34.9 Å². The summed E-state index contributed by atoms with van der Waals surface area (Å²) in [6.07, 6.45) is 6.49. The Labute approximate surface area is 228 Å². The van der Waals surface area contributed by atoms with E-state index < -0.39 is 0 Å². The molecule has 37 heavy (non-hydrogen) atoms. The van der Waals surface area contributed by atoms with Crippen LogP contribution in [-0.2, 0) is 4.74 Å². The molecule has 2 aliphatic rings. The number of hydrogen-bond acceptors (Lipinski definition) is 7. The van der Waals surface area contributed by atoms with Crippen LogP contribution in [0.25, 0.3) is 22.6 Å². The molecule has 2 saturated heterocycles. The van der Waals surface area contributed by atoms with E-state index >= 15 is 0 Å². The van der Waals surface area contributed by atoms with E-state index in [4.69, 9.17) is 9.72 Å². The number of imidazole rings is 1. The zero-order valence-corrected chi connectivity index (χ0v) is 23.8. The molecule has 4 heterocycles. The average Bonchev–Trinajstić information content (AvgIpc) is 3.37. The molecule has 0 spiro atoms. The van der Waals surface area contributed by atoms with Crippen LogP contribution in [0.4, 0.5) is 11.4 Å². The molecule has 0 bridgehead atoms. The van der Waals surface area contributed by atoms with Crippen molar-refractivity contribution in [1.29, 1.82) is 0 Å². The van der Waals surface area contributed by atoms with E-state index in [1.807, 2.05) is 6.20 Å². The van der Waals surface area contributed by atoms with Crippen LogP contribution in [0.1, 0.15) is 32.6 Å². The summed E-state index contributed by atoms with van der Waals surface area (Å²) in [7, 11) is 1.77.